The van der Waals surface area contributed by atoms with Gasteiger partial charge in [0.05, 0.1) is 0 Å². The molecular weight excluding hydrogens is 242 g/mol. The molecule has 0 aromatic heterocycles. The van der Waals surface area contributed by atoms with E-state index in [0.29, 0.717) is 5.54 Å². The summed E-state index contributed by atoms with van der Waals surface area (Å²) in [6.07, 6.45) is 5.43. The van der Waals surface area contributed by atoms with E-state index < -0.39 is 0 Å². The van der Waals surface area contributed by atoms with Crippen molar-refractivity contribution in [3.8, 4) is 0 Å². The Morgan fingerprint density at radius 3 is 2.61 bits per heavy atom. The minimum atomic E-state index is 0.254. The van der Waals surface area contributed by atoms with E-state index in [1.807, 2.05) is 11.8 Å². The van der Waals surface area contributed by atoms with Crippen LogP contribution >= 0.6 is 11.8 Å². The first-order valence-corrected chi connectivity index (χ1v) is 8.00. The molecule has 0 aromatic carbocycles. The van der Waals surface area contributed by atoms with Gasteiger partial charge in [-0.1, -0.05) is 38.5 Å². The lowest BCUT2D eigenvalue weighted by Crippen LogP contribution is -2.41. The Labute approximate surface area is 116 Å². The van der Waals surface area contributed by atoms with Crippen molar-refractivity contribution >= 4 is 16.9 Å². The van der Waals surface area contributed by atoms with E-state index in [1.54, 1.807) is 0 Å². The molecule has 1 heterocycles. The first-order valence-electron chi connectivity index (χ1n) is 7.01. The molecule has 18 heavy (non-hydrogen) atoms. The zero-order valence-corrected chi connectivity index (χ0v) is 13.1. The number of hydrogen-bond donors (Lipinski definition) is 1. The Morgan fingerprint density at radius 2 is 2.00 bits per heavy atom. The van der Waals surface area contributed by atoms with Gasteiger partial charge in [0.15, 0.2) is 5.17 Å². The predicted molar refractivity (Wildman–Crippen MR) is 81.4 cm³/mol. The average molecular weight is 269 g/mol. The van der Waals surface area contributed by atoms with Gasteiger partial charge in [0.1, 0.15) is 0 Å². The highest BCUT2D eigenvalue weighted by atomic mass is 32.2. The summed E-state index contributed by atoms with van der Waals surface area (Å²) in [7, 11) is 4.26. The van der Waals surface area contributed by atoms with Crippen molar-refractivity contribution in [1.82, 2.24) is 10.2 Å². The van der Waals surface area contributed by atoms with Crippen LogP contribution < -0.4 is 5.32 Å². The van der Waals surface area contributed by atoms with E-state index in [4.69, 9.17) is 4.99 Å². The Bertz CT molecular complexity index is 317. The highest BCUT2D eigenvalue weighted by molar-refractivity contribution is 8.14. The predicted octanol–water partition coefficient (Wildman–Crippen LogP) is 2.58. The largest absolute Gasteiger partial charge is 0.359 e. The molecule has 3 nitrogen and oxygen atoms in total. The van der Waals surface area contributed by atoms with Crippen molar-refractivity contribution in [3.05, 3.63) is 0 Å². The Morgan fingerprint density at radius 1 is 1.33 bits per heavy atom. The fourth-order valence-corrected chi connectivity index (χ4v) is 4.32. The molecule has 2 fully saturated rings. The molecule has 2 rings (SSSR count). The summed E-state index contributed by atoms with van der Waals surface area (Å²) in [5, 5.41) is 4.88. The number of rotatable bonds is 4. The number of nitrogens with one attached hydrogen (secondary N) is 1. The molecule has 0 radical (unpaired) electrons. The van der Waals surface area contributed by atoms with Crippen LogP contribution in [0.5, 0.6) is 0 Å². The lowest BCUT2D eigenvalue weighted by atomic mass is 9.93. The second-order valence-corrected chi connectivity index (χ2v) is 7.89. The summed E-state index contributed by atoms with van der Waals surface area (Å²) in [6, 6.07) is 0. The number of aliphatic imine (C=N–C) groups is 1. The lowest BCUT2D eigenvalue weighted by Gasteiger charge is -2.26. The van der Waals surface area contributed by atoms with Crippen molar-refractivity contribution < 1.29 is 0 Å². The molecule has 0 bridgehead atoms. The first-order chi connectivity index (χ1) is 8.41. The van der Waals surface area contributed by atoms with Crippen LogP contribution in [0.3, 0.4) is 0 Å². The number of hydrogen-bond acceptors (Lipinski definition) is 3. The molecule has 1 aliphatic heterocycles. The van der Waals surface area contributed by atoms with Crippen molar-refractivity contribution in [2.24, 2.45) is 10.4 Å². The Hall–Kier alpha value is -0.220. The van der Waals surface area contributed by atoms with E-state index in [-0.39, 0.29) is 5.41 Å². The number of thioether (sulfide) groups is 1. The van der Waals surface area contributed by atoms with Gasteiger partial charge < -0.3 is 10.2 Å². The fourth-order valence-electron chi connectivity index (χ4n) is 3.10. The van der Waals surface area contributed by atoms with Crippen LogP contribution in [-0.4, -0.2) is 48.5 Å². The summed E-state index contributed by atoms with van der Waals surface area (Å²) >= 11 is 1.92. The average Bonchev–Trinajstić information content (AvgIpc) is 2.85. The minimum Gasteiger partial charge on any atom is -0.359 e. The van der Waals surface area contributed by atoms with Crippen LogP contribution in [0.1, 0.15) is 39.5 Å². The summed E-state index contributed by atoms with van der Waals surface area (Å²) in [6.45, 7) is 6.58. The minimum absolute atomic E-state index is 0.254. The third-order valence-electron chi connectivity index (χ3n) is 3.81. The number of amidine groups is 1. The standard InChI is InChI=1S/C14H27N3S/c1-13(2,10-17(3)4)9-15-12-16-14(11-18-12)7-5-6-8-14/h5-11H2,1-4H3,(H,15,16). The fraction of sp³-hybridized carbons (Fsp3) is 0.929. The molecule has 4 heteroatoms. The number of nitrogens with zero attached hydrogens (tertiary/aromatic N) is 2. The van der Waals surface area contributed by atoms with Crippen molar-refractivity contribution in [1.29, 1.82) is 0 Å². The molecule has 0 amide bonds. The zero-order valence-electron chi connectivity index (χ0n) is 12.3. The molecule has 0 atom stereocenters. The topological polar surface area (TPSA) is 27.6 Å². The smallest absolute Gasteiger partial charge is 0.157 e. The van der Waals surface area contributed by atoms with Crippen LogP contribution in [0.15, 0.2) is 4.99 Å². The quantitative estimate of drug-likeness (QED) is 0.850. The van der Waals surface area contributed by atoms with Crippen molar-refractivity contribution in [3.63, 3.8) is 0 Å². The highest BCUT2D eigenvalue weighted by Crippen LogP contribution is 2.37. The highest BCUT2D eigenvalue weighted by Gasteiger charge is 2.39. The molecule has 2 aliphatic rings. The van der Waals surface area contributed by atoms with Gasteiger partial charge in [-0.3, -0.25) is 4.99 Å². The second kappa shape index (κ2) is 5.41. The Balaban J connectivity index is 1.87. The SMILES string of the molecule is CN(C)CC(C)(C)CN=C1NC2(CCCC2)CS1. The van der Waals surface area contributed by atoms with Crippen molar-refractivity contribution in [2.45, 2.75) is 45.1 Å². The third-order valence-corrected chi connectivity index (χ3v) is 5.01. The molecule has 1 N–H and O–H groups in total. The first kappa shape index (κ1) is 14.2. The van der Waals surface area contributed by atoms with Crippen molar-refractivity contribution in [2.75, 3.05) is 32.9 Å². The molecule has 1 saturated heterocycles. The second-order valence-electron chi connectivity index (χ2n) is 6.92. The maximum absolute atomic E-state index is 4.81. The molecule has 1 aliphatic carbocycles. The van der Waals surface area contributed by atoms with Gasteiger partial charge in [-0.2, -0.15) is 0 Å². The van der Waals surface area contributed by atoms with E-state index >= 15 is 0 Å². The Kier molecular flexibility index (Phi) is 4.27. The van der Waals surface area contributed by atoms with Crippen LogP contribution in [0, 0.1) is 5.41 Å². The van der Waals surface area contributed by atoms with E-state index in [9.17, 15) is 0 Å². The zero-order chi connectivity index (χ0) is 13.2. The lowest BCUT2D eigenvalue weighted by molar-refractivity contribution is 0.249. The molecule has 0 unspecified atom stereocenters. The van der Waals surface area contributed by atoms with E-state index in [0.717, 1.165) is 13.1 Å². The summed E-state index contributed by atoms with van der Waals surface area (Å²) in [4.78, 5) is 7.05. The molecular formula is C14H27N3S. The van der Waals surface area contributed by atoms with Crippen LogP contribution in [0.25, 0.3) is 0 Å². The third kappa shape index (κ3) is 3.64. The summed E-state index contributed by atoms with van der Waals surface area (Å²) in [5.41, 5.74) is 0.652. The maximum Gasteiger partial charge on any atom is 0.157 e. The maximum atomic E-state index is 4.81. The van der Waals surface area contributed by atoms with Gasteiger partial charge in [-0.15, -0.1) is 0 Å². The van der Waals surface area contributed by atoms with E-state index in [2.05, 4.69) is 38.2 Å². The van der Waals surface area contributed by atoms with Gasteiger partial charge in [-0.25, -0.2) is 0 Å². The molecule has 1 saturated carbocycles. The van der Waals surface area contributed by atoms with Gasteiger partial charge in [0.25, 0.3) is 0 Å². The monoisotopic (exact) mass is 269 g/mol. The van der Waals surface area contributed by atoms with Gasteiger partial charge in [0.2, 0.25) is 0 Å². The van der Waals surface area contributed by atoms with Crippen LogP contribution in [-0.2, 0) is 0 Å². The van der Waals surface area contributed by atoms with Crippen LogP contribution in [0.2, 0.25) is 0 Å². The van der Waals surface area contributed by atoms with Gasteiger partial charge in [-0.05, 0) is 32.4 Å². The molecule has 0 aromatic rings. The molecule has 104 valence electrons. The van der Waals surface area contributed by atoms with Crippen LogP contribution in [0.4, 0.5) is 0 Å². The normalized spacial score (nSPS) is 25.3. The summed E-state index contributed by atoms with van der Waals surface area (Å²) in [5.74, 6) is 1.22. The van der Waals surface area contributed by atoms with Gasteiger partial charge in [0, 0.05) is 24.4 Å². The van der Waals surface area contributed by atoms with E-state index in [1.165, 1.54) is 36.6 Å². The van der Waals surface area contributed by atoms with Gasteiger partial charge >= 0.3 is 0 Å². The molecule has 1 spiro atoms. The summed E-state index contributed by atoms with van der Waals surface area (Å²) < 4.78 is 0.